The number of hydrogen-bond acceptors (Lipinski definition) is 3. The standard InChI is InChI=1S/C16H16O2S/c1-11-6-7-12(2)16(13(11)3)18-15(17)9-8-14-5-4-10-19-14/h4-10H,1-3H3/b9-8+. The molecule has 0 fully saturated rings. The van der Waals surface area contributed by atoms with Crippen LogP contribution in [0.3, 0.4) is 0 Å². The Balaban J connectivity index is 2.13. The first-order valence-electron chi connectivity index (χ1n) is 6.08. The van der Waals surface area contributed by atoms with E-state index in [0.717, 1.165) is 21.6 Å². The summed E-state index contributed by atoms with van der Waals surface area (Å²) in [5.74, 6) is 0.325. The van der Waals surface area contributed by atoms with E-state index in [1.54, 1.807) is 17.4 Å². The van der Waals surface area contributed by atoms with Gasteiger partial charge >= 0.3 is 5.97 Å². The van der Waals surface area contributed by atoms with Crippen LogP contribution in [0.25, 0.3) is 6.08 Å². The molecule has 0 spiro atoms. The summed E-state index contributed by atoms with van der Waals surface area (Å²) in [5.41, 5.74) is 3.11. The van der Waals surface area contributed by atoms with Crippen LogP contribution in [-0.4, -0.2) is 5.97 Å². The predicted molar refractivity (Wildman–Crippen MR) is 79.6 cm³/mol. The van der Waals surface area contributed by atoms with E-state index in [1.165, 1.54) is 6.08 Å². The maximum Gasteiger partial charge on any atom is 0.336 e. The zero-order valence-electron chi connectivity index (χ0n) is 11.3. The van der Waals surface area contributed by atoms with Crippen LogP contribution in [0.5, 0.6) is 5.75 Å². The van der Waals surface area contributed by atoms with Gasteiger partial charge in [0.1, 0.15) is 5.75 Å². The number of benzene rings is 1. The van der Waals surface area contributed by atoms with Crippen molar-refractivity contribution in [3.05, 3.63) is 57.3 Å². The first-order valence-corrected chi connectivity index (χ1v) is 6.96. The summed E-state index contributed by atoms with van der Waals surface area (Å²) in [7, 11) is 0. The maximum atomic E-state index is 11.8. The van der Waals surface area contributed by atoms with Crippen molar-refractivity contribution in [3.8, 4) is 5.75 Å². The second-order valence-electron chi connectivity index (χ2n) is 4.42. The Kier molecular flexibility index (Phi) is 4.17. The Morgan fingerprint density at radius 3 is 2.58 bits per heavy atom. The van der Waals surface area contributed by atoms with Crippen LogP contribution in [-0.2, 0) is 4.79 Å². The monoisotopic (exact) mass is 272 g/mol. The number of rotatable bonds is 3. The van der Waals surface area contributed by atoms with Crippen LogP contribution in [0.2, 0.25) is 0 Å². The molecule has 2 rings (SSSR count). The van der Waals surface area contributed by atoms with Gasteiger partial charge in [-0.2, -0.15) is 0 Å². The summed E-state index contributed by atoms with van der Waals surface area (Å²) in [6.07, 6.45) is 3.24. The molecule has 0 amide bonds. The molecule has 0 aliphatic heterocycles. The molecule has 0 saturated heterocycles. The minimum absolute atomic E-state index is 0.342. The van der Waals surface area contributed by atoms with E-state index in [1.807, 2.05) is 50.4 Å². The van der Waals surface area contributed by atoms with Crippen molar-refractivity contribution in [2.24, 2.45) is 0 Å². The highest BCUT2D eigenvalue weighted by molar-refractivity contribution is 7.10. The minimum atomic E-state index is -0.342. The molecule has 19 heavy (non-hydrogen) atoms. The molecular weight excluding hydrogens is 256 g/mol. The van der Waals surface area contributed by atoms with Gasteiger partial charge in [0, 0.05) is 11.0 Å². The Morgan fingerprint density at radius 2 is 1.89 bits per heavy atom. The molecule has 3 heteroatoms. The molecule has 0 N–H and O–H groups in total. The molecular formula is C16H16O2S. The number of carbonyl (C=O) groups is 1. The van der Waals surface area contributed by atoms with Crippen molar-refractivity contribution in [1.29, 1.82) is 0 Å². The molecule has 0 aliphatic rings. The Morgan fingerprint density at radius 1 is 1.16 bits per heavy atom. The lowest BCUT2D eigenvalue weighted by Crippen LogP contribution is -2.06. The fourth-order valence-corrected chi connectivity index (χ4v) is 2.37. The number of hydrogen-bond donors (Lipinski definition) is 0. The normalized spacial score (nSPS) is 10.9. The summed E-state index contributed by atoms with van der Waals surface area (Å²) in [5, 5.41) is 1.97. The molecule has 98 valence electrons. The SMILES string of the molecule is Cc1ccc(C)c(OC(=O)/C=C/c2cccs2)c1C. The quantitative estimate of drug-likeness (QED) is 0.473. The molecule has 0 unspecified atom stereocenters. The van der Waals surface area contributed by atoms with Crippen molar-refractivity contribution in [2.75, 3.05) is 0 Å². The van der Waals surface area contributed by atoms with Crippen molar-refractivity contribution in [1.82, 2.24) is 0 Å². The fourth-order valence-electron chi connectivity index (χ4n) is 1.75. The van der Waals surface area contributed by atoms with E-state index in [0.29, 0.717) is 5.75 Å². The van der Waals surface area contributed by atoms with Crippen LogP contribution >= 0.6 is 11.3 Å². The van der Waals surface area contributed by atoms with E-state index in [-0.39, 0.29) is 5.97 Å². The molecule has 2 aromatic rings. The highest BCUT2D eigenvalue weighted by Gasteiger charge is 2.09. The van der Waals surface area contributed by atoms with Gasteiger partial charge in [0.15, 0.2) is 0 Å². The van der Waals surface area contributed by atoms with Gasteiger partial charge in [-0.05, 0) is 55.0 Å². The third kappa shape index (κ3) is 3.32. The average Bonchev–Trinajstić information content (AvgIpc) is 2.90. The smallest absolute Gasteiger partial charge is 0.336 e. The largest absolute Gasteiger partial charge is 0.423 e. The van der Waals surface area contributed by atoms with E-state index in [9.17, 15) is 4.79 Å². The molecule has 1 heterocycles. The van der Waals surface area contributed by atoms with Gasteiger partial charge in [-0.25, -0.2) is 4.79 Å². The summed E-state index contributed by atoms with van der Waals surface area (Å²) < 4.78 is 5.43. The van der Waals surface area contributed by atoms with Gasteiger partial charge in [0.25, 0.3) is 0 Å². The average molecular weight is 272 g/mol. The highest BCUT2D eigenvalue weighted by atomic mass is 32.1. The fraction of sp³-hybridized carbons (Fsp3) is 0.188. The van der Waals surface area contributed by atoms with Crippen LogP contribution in [0.4, 0.5) is 0 Å². The molecule has 0 saturated carbocycles. The number of aryl methyl sites for hydroxylation is 2. The zero-order chi connectivity index (χ0) is 13.8. The van der Waals surface area contributed by atoms with Gasteiger partial charge in [0.2, 0.25) is 0 Å². The second kappa shape index (κ2) is 5.85. The Bertz CT molecular complexity index is 610. The summed E-state index contributed by atoms with van der Waals surface area (Å²) >= 11 is 1.59. The van der Waals surface area contributed by atoms with Gasteiger partial charge in [-0.1, -0.05) is 18.2 Å². The molecule has 0 atom stereocenters. The van der Waals surface area contributed by atoms with E-state index < -0.39 is 0 Å². The van der Waals surface area contributed by atoms with Crippen molar-refractivity contribution in [3.63, 3.8) is 0 Å². The van der Waals surface area contributed by atoms with Crippen molar-refractivity contribution < 1.29 is 9.53 Å². The molecule has 0 aliphatic carbocycles. The number of carbonyl (C=O) groups excluding carboxylic acids is 1. The molecule has 1 aromatic heterocycles. The minimum Gasteiger partial charge on any atom is -0.423 e. The third-order valence-electron chi connectivity index (χ3n) is 3.00. The first-order chi connectivity index (χ1) is 9.08. The molecule has 1 aromatic carbocycles. The van der Waals surface area contributed by atoms with Crippen LogP contribution in [0.1, 0.15) is 21.6 Å². The van der Waals surface area contributed by atoms with E-state index >= 15 is 0 Å². The van der Waals surface area contributed by atoms with E-state index in [4.69, 9.17) is 4.74 Å². The molecule has 0 radical (unpaired) electrons. The lowest BCUT2D eigenvalue weighted by molar-refractivity contribution is -0.129. The van der Waals surface area contributed by atoms with Crippen molar-refractivity contribution in [2.45, 2.75) is 20.8 Å². The third-order valence-corrected chi connectivity index (χ3v) is 3.84. The first kappa shape index (κ1) is 13.6. The topological polar surface area (TPSA) is 26.3 Å². The van der Waals surface area contributed by atoms with Crippen LogP contribution in [0.15, 0.2) is 35.7 Å². The van der Waals surface area contributed by atoms with Crippen LogP contribution in [0, 0.1) is 20.8 Å². The second-order valence-corrected chi connectivity index (χ2v) is 5.40. The van der Waals surface area contributed by atoms with E-state index in [2.05, 4.69) is 0 Å². The Labute approximate surface area is 117 Å². The summed E-state index contributed by atoms with van der Waals surface area (Å²) in [6.45, 7) is 5.92. The lowest BCUT2D eigenvalue weighted by Gasteiger charge is -2.11. The maximum absolute atomic E-state index is 11.8. The van der Waals surface area contributed by atoms with Crippen LogP contribution < -0.4 is 4.74 Å². The van der Waals surface area contributed by atoms with Gasteiger partial charge < -0.3 is 4.74 Å². The number of ether oxygens (including phenoxy) is 1. The molecule has 2 nitrogen and oxygen atoms in total. The van der Waals surface area contributed by atoms with Gasteiger partial charge in [-0.3, -0.25) is 0 Å². The lowest BCUT2D eigenvalue weighted by atomic mass is 10.1. The summed E-state index contributed by atoms with van der Waals surface area (Å²) in [6, 6.07) is 7.90. The predicted octanol–water partition coefficient (Wildman–Crippen LogP) is 4.29. The summed E-state index contributed by atoms with van der Waals surface area (Å²) in [4.78, 5) is 12.9. The number of esters is 1. The van der Waals surface area contributed by atoms with Gasteiger partial charge in [0.05, 0.1) is 0 Å². The molecule has 0 bridgehead atoms. The number of thiophene rings is 1. The van der Waals surface area contributed by atoms with Gasteiger partial charge in [-0.15, -0.1) is 11.3 Å². The zero-order valence-corrected chi connectivity index (χ0v) is 12.1. The highest BCUT2D eigenvalue weighted by Crippen LogP contribution is 2.26. The Hall–Kier alpha value is -1.87. The van der Waals surface area contributed by atoms with Crippen molar-refractivity contribution >= 4 is 23.4 Å².